The van der Waals surface area contributed by atoms with Crippen molar-refractivity contribution in [2.75, 3.05) is 46.6 Å². The monoisotopic (exact) mass is 306 g/mol. The summed E-state index contributed by atoms with van der Waals surface area (Å²) in [7, 11) is -1.62. The first-order valence-corrected chi connectivity index (χ1v) is 8.89. The second-order valence-corrected chi connectivity index (χ2v) is 7.93. The van der Waals surface area contributed by atoms with Crippen LogP contribution in [0.2, 0.25) is 0 Å². The lowest BCUT2D eigenvalue weighted by molar-refractivity contribution is 0.0573. The first-order chi connectivity index (χ1) is 9.58. The average molecular weight is 306 g/mol. The Morgan fingerprint density at radius 3 is 2.75 bits per heavy atom. The minimum atomic E-state index is -3.29. The second kappa shape index (κ2) is 7.17. The molecule has 118 valence electrons. The van der Waals surface area contributed by atoms with E-state index in [0.29, 0.717) is 32.8 Å². The summed E-state index contributed by atoms with van der Waals surface area (Å²) in [6.07, 6.45) is 3.38. The Balaban J connectivity index is 1.93. The lowest BCUT2D eigenvalue weighted by Crippen LogP contribution is -2.49. The van der Waals surface area contributed by atoms with Crippen molar-refractivity contribution in [1.29, 1.82) is 0 Å². The molecule has 2 heterocycles. The number of nitrogens with one attached hydrogen (secondary N) is 2. The van der Waals surface area contributed by atoms with E-state index in [2.05, 4.69) is 10.0 Å². The molecular formula is C13H26N2O4S. The molecule has 0 aromatic heterocycles. The third-order valence-electron chi connectivity index (χ3n) is 4.32. The van der Waals surface area contributed by atoms with Gasteiger partial charge in [0.25, 0.3) is 0 Å². The molecule has 2 N–H and O–H groups in total. The fraction of sp³-hybridized carbons (Fsp3) is 1.00. The highest BCUT2D eigenvalue weighted by Crippen LogP contribution is 2.29. The van der Waals surface area contributed by atoms with Crippen LogP contribution in [0.5, 0.6) is 0 Å². The minimum Gasteiger partial charge on any atom is -0.384 e. The topological polar surface area (TPSA) is 76.7 Å². The SMILES string of the molecule is COCC1(CNS(=O)(=O)C2CCCOC2)CCNCC1. The summed E-state index contributed by atoms with van der Waals surface area (Å²) in [5.74, 6) is 0. The third-order valence-corrected chi connectivity index (χ3v) is 6.12. The normalized spacial score (nSPS) is 27.4. The van der Waals surface area contributed by atoms with Gasteiger partial charge in [-0.3, -0.25) is 0 Å². The zero-order valence-electron chi connectivity index (χ0n) is 12.2. The van der Waals surface area contributed by atoms with Gasteiger partial charge in [-0.15, -0.1) is 0 Å². The number of rotatable bonds is 6. The van der Waals surface area contributed by atoms with Crippen molar-refractivity contribution in [2.24, 2.45) is 5.41 Å². The maximum Gasteiger partial charge on any atom is 0.216 e. The molecule has 6 nitrogen and oxygen atoms in total. The second-order valence-electron chi connectivity index (χ2n) is 5.89. The Morgan fingerprint density at radius 1 is 1.40 bits per heavy atom. The van der Waals surface area contributed by atoms with Crippen LogP contribution < -0.4 is 10.0 Å². The van der Waals surface area contributed by atoms with E-state index >= 15 is 0 Å². The molecule has 0 radical (unpaired) electrons. The molecule has 2 aliphatic rings. The van der Waals surface area contributed by atoms with E-state index in [9.17, 15) is 8.42 Å². The molecule has 7 heteroatoms. The molecule has 2 aliphatic heterocycles. The van der Waals surface area contributed by atoms with Gasteiger partial charge in [-0.25, -0.2) is 13.1 Å². The molecule has 1 unspecified atom stereocenters. The van der Waals surface area contributed by atoms with Crippen molar-refractivity contribution in [2.45, 2.75) is 30.9 Å². The van der Waals surface area contributed by atoms with Crippen molar-refractivity contribution in [3.05, 3.63) is 0 Å². The van der Waals surface area contributed by atoms with Crippen molar-refractivity contribution < 1.29 is 17.9 Å². The first kappa shape index (κ1) is 16.2. The molecule has 0 aromatic carbocycles. The lowest BCUT2D eigenvalue weighted by atomic mass is 9.80. The van der Waals surface area contributed by atoms with Gasteiger partial charge in [-0.2, -0.15) is 0 Å². The highest BCUT2D eigenvalue weighted by molar-refractivity contribution is 7.90. The number of sulfonamides is 1. The summed E-state index contributed by atoms with van der Waals surface area (Å²) < 4.78 is 38.0. The molecule has 20 heavy (non-hydrogen) atoms. The largest absolute Gasteiger partial charge is 0.384 e. The van der Waals surface area contributed by atoms with Crippen LogP contribution in [0.15, 0.2) is 0 Å². The molecule has 2 fully saturated rings. The number of ether oxygens (including phenoxy) is 2. The lowest BCUT2D eigenvalue weighted by Gasteiger charge is -2.37. The molecule has 0 aromatic rings. The first-order valence-electron chi connectivity index (χ1n) is 7.34. The Labute approximate surface area is 121 Å². The maximum absolute atomic E-state index is 12.3. The van der Waals surface area contributed by atoms with Crippen LogP contribution in [0.3, 0.4) is 0 Å². The van der Waals surface area contributed by atoms with Crippen LogP contribution >= 0.6 is 0 Å². The number of hydrogen-bond donors (Lipinski definition) is 2. The smallest absolute Gasteiger partial charge is 0.216 e. The summed E-state index contributed by atoms with van der Waals surface area (Å²) in [5.41, 5.74) is -0.0808. The molecule has 1 atom stereocenters. The molecular weight excluding hydrogens is 280 g/mol. The van der Waals surface area contributed by atoms with Crippen LogP contribution in [0.25, 0.3) is 0 Å². The van der Waals surface area contributed by atoms with Crippen molar-refractivity contribution in [3.63, 3.8) is 0 Å². The molecule has 0 aliphatic carbocycles. The van der Waals surface area contributed by atoms with Gasteiger partial charge in [0.2, 0.25) is 10.0 Å². The summed E-state index contributed by atoms with van der Waals surface area (Å²) in [5, 5.41) is 2.90. The molecule has 0 bridgehead atoms. The van der Waals surface area contributed by atoms with E-state index in [0.717, 1.165) is 32.4 Å². The Bertz CT molecular complexity index is 382. The van der Waals surface area contributed by atoms with E-state index in [1.807, 2.05) is 0 Å². The standard InChI is InChI=1S/C13H26N2O4S/c1-18-11-13(4-6-14-7-5-13)10-15-20(16,17)12-3-2-8-19-9-12/h12,14-15H,2-11H2,1H3. The third kappa shape index (κ3) is 4.14. The van der Waals surface area contributed by atoms with E-state index in [-0.39, 0.29) is 5.41 Å². The van der Waals surface area contributed by atoms with Crippen LogP contribution in [0, 0.1) is 5.41 Å². The summed E-state index contributed by atoms with van der Waals surface area (Å²) in [6, 6.07) is 0. The summed E-state index contributed by atoms with van der Waals surface area (Å²) in [4.78, 5) is 0. The Hall–Kier alpha value is -0.210. The van der Waals surface area contributed by atoms with Crippen molar-refractivity contribution in [3.8, 4) is 0 Å². The Kier molecular flexibility index (Phi) is 5.80. The van der Waals surface area contributed by atoms with Crippen LogP contribution in [0.1, 0.15) is 25.7 Å². The summed E-state index contributed by atoms with van der Waals surface area (Å²) >= 11 is 0. The van der Waals surface area contributed by atoms with Gasteiger partial charge in [-0.1, -0.05) is 0 Å². The quantitative estimate of drug-likeness (QED) is 0.728. The molecule has 0 saturated carbocycles. The molecule has 0 spiro atoms. The van der Waals surface area contributed by atoms with E-state index in [4.69, 9.17) is 9.47 Å². The van der Waals surface area contributed by atoms with Gasteiger partial charge in [0.05, 0.1) is 18.5 Å². The number of piperidine rings is 1. The van der Waals surface area contributed by atoms with Crippen molar-refractivity contribution >= 4 is 10.0 Å². The van der Waals surface area contributed by atoms with E-state index < -0.39 is 15.3 Å². The Morgan fingerprint density at radius 2 is 2.15 bits per heavy atom. The van der Waals surface area contributed by atoms with Crippen molar-refractivity contribution in [1.82, 2.24) is 10.0 Å². The van der Waals surface area contributed by atoms with Crippen LogP contribution in [-0.2, 0) is 19.5 Å². The van der Waals surface area contributed by atoms with Gasteiger partial charge in [0.15, 0.2) is 0 Å². The van der Waals surface area contributed by atoms with E-state index in [1.165, 1.54) is 0 Å². The van der Waals surface area contributed by atoms with Gasteiger partial charge >= 0.3 is 0 Å². The molecule has 0 amide bonds. The van der Waals surface area contributed by atoms with E-state index in [1.54, 1.807) is 7.11 Å². The minimum absolute atomic E-state index is 0.0808. The molecule has 2 rings (SSSR count). The van der Waals surface area contributed by atoms with Gasteiger partial charge in [-0.05, 0) is 38.8 Å². The number of hydrogen-bond acceptors (Lipinski definition) is 5. The highest BCUT2D eigenvalue weighted by Gasteiger charge is 2.35. The predicted octanol–water partition coefficient (Wildman–Crippen LogP) is 0.101. The fourth-order valence-electron chi connectivity index (χ4n) is 2.96. The fourth-order valence-corrected chi connectivity index (χ4v) is 4.46. The van der Waals surface area contributed by atoms with Crippen LogP contribution in [0.4, 0.5) is 0 Å². The summed E-state index contributed by atoms with van der Waals surface area (Å²) in [6.45, 7) is 3.87. The maximum atomic E-state index is 12.3. The highest BCUT2D eigenvalue weighted by atomic mass is 32.2. The zero-order chi connectivity index (χ0) is 14.5. The predicted molar refractivity (Wildman–Crippen MR) is 77.2 cm³/mol. The van der Waals surface area contributed by atoms with Gasteiger partial charge in [0.1, 0.15) is 0 Å². The van der Waals surface area contributed by atoms with Gasteiger partial charge < -0.3 is 14.8 Å². The zero-order valence-corrected chi connectivity index (χ0v) is 13.0. The van der Waals surface area contributed by atoms with Crippen LogP contribution in [-0.4, -0.2) is 60.2 Å². The van der Waals surface area contributed by atoms with Gasteiger partial charge in [0, 0.05) is 25.7 Å². The molecule has 2 saturated heterocycles. The average Bonchev–Trinajstić information content (AvgIpc) is 2.48. The number of methoxy groups -OCH3 is 1.